The van der Waals surface area contributed by atoms with Crippen LogP contribution >= 0.6 is 12.6 Å². The van der Waals surface area contributed by atoms with Crippen LogP contribution in [0.25, 0.3) is 0 Å². The molecule has 0 rings (SSSR count). The van der Waals surface area contributed by atoms with Gasteiger partial charge in [0.15, 0.2) is 0 Å². The number of nitrogens with zero attached hydrogens (tertiary/aromatic N) is 1. The second-order valence-corrected chi connectivity index (χ2v) is 4.76. The van der Waals surface area contributed by atoms with E-state index in [2.05, 4.69) is 45.2 Å². The molecule has 86 valence electrons. The van der Waals surface area contributed by atoms with Gasteiger partial charge < -0.3 is 4.90 Å². The normalized spacial score (nSPS) is 15.9. The maximum absolute atomic E-state index is 4.35. The molecule has 0 N–H and O–H groups in total. The van der Waals surface area contributed by atoms with Crippen molar-refractivity contribution in [3.8, 4) is 0 Å². The van der Waals surface area contributed by atoms with Crippen molar-refractivity contribution in [1.29, 1.82) is 0 Å². The number of unbranched alkanes of at least 4 members (excludes halogenated alkanes) is 1. The van der Waals surface area contributed by atoms with Crippen LogP contribution in [0.4, 0.5) is 0 Å². The molecule has 0 amide bonds. The first-order valence-electron chi connectivity index (χ1n) is 6.00. The highest BCUT2D eigenvalue weighted by Gasteiger charge is 2.13. The van der Waals surface area contributed by atoms with E-state index < -0.39 is 0 Å². The maximum Gasteiger partial charge on any atom is 0.00644 e. The molecule has 2 unspecified atom stereocenters. The maximum atomic E-state index is 4.35. The molecule has 14 heavy (non-hydrogen) atoms. The molecule has 0 fully saturated rings. The van der Waals surface area contributed by atoms with Crippen LogP contribution in [0.1, 0.15) is 47.0 Å². The second-order valence-electron chi connectivity index (χ2n) is 4.39. The summed E-state index contributed by atoms with van der Waals surface area (Å²) in [6.45, 7) is 11.6. The lowest BCUT2D eigenvalue weighted by molar-refractivity contribution is 0.181. The Labute approximate surface area is 95.7 Å². The fourth-order valence-electron chi connectivity index (χ4n) is 1.57. The van der Waals surface area contributed by atoms with Crippen molar-refractivity contribution in [2.75, 3.05) is 18.8 Å². The molecule has 0 saturated heterocycles. The van der Waals surface area contributed by atoms with Gasteiger partial charge in [0.1, 0.15) is 0 Å². The van der Waals surface area contributed by atoms with Crippen molar-refractivity contribution in [1.82, 2.24) is 4.90 Å². The number of rotatable bonds is 8. The van der Waals surface area contributed by atoms with Gasteiger partial charge in [-0.05, 0) is 38.0 Å². The van der Waals surface area contributed by atoms with Gasteiger partial charge in [0, 0.05) is 12.6 Å². The van der Waals surface area contributed by atoms with E-state index in [4.69, 9.17) is 0 Å². The van der Waals surface area contributed by atoms with Crippen LogP contribution in [0, 0.1) is 5.92 Å². The molecule has 0 aromatic rings. The van der Waals surface area contributed by atoms with Crippen LogP contribution in [0.15, 0.2) is 0 Å². The summed E-state index contributed by atoms with van der Waals surface area (Å²) in [5.74, 6) is 1.71. The third-order valence-electron chi connectivity index (χ3n) is 2.87. The lowest BCUT2D eigenvalue weighted by Gasteiger charge is -2.30. The fraction of sp³-hybridized carbons (Fsp3) is 1.00. The summed E-state index contributed by atoms with van der Waals surface area (Å²) in [5.41, 5.74) is 0. The standard InChI is InChI=1S/C12H27NS/c1-5-7-8-13(12(4)6-2)9-11(3)10-14/h11-12,14H,5-10H2,1-4H3. The molecule has 0 aromatic carbocycles. The quantitative estimate of drug-likeness (QED) is 0.610. The highest BCUT2D eigenvalue weighted by molar-refractivity contribution is 7.80. The largest absolute Gasteiger partial charge is 0.300 e. The first-order chi connectivity index (χ1) is 6.65. The van der Waals surface area contributed by atoms with Crippen molar-refractivity contribution in [3.05, 3.63) is 0 Å². The summed E-state index contributed by atoms with van der Waals surface area (Å²) < 4.78 is 0. The molecule has 1 nitrogen and oxygen atoms in total. The predicted molar refractivity (Wildman–Crippen MR) is 69.3 cm³/mol. The summed E-state index contributed by atoms with van der Waals surface area (Å²) in [7, 11) is 0. The third-order valence-corrected chi connectivity index (χ3v) is 3.49. The molecule has 0 heterocycles. The van der Waals surface area contributed by atoms with Gasteiger partial charge in [0.2, 0.25) is 0 Å². The van der Waals surface area contributed by atoms with Gasteiger partial charge in [0.25, 0.3) is 0 Å². The smallest absolute Gasteiger partial charge is 0.00644 e. The zero-order valence-electron chi connectivity index (χ0n) is 10.3. The third kappa shape index (κ3) is 5.92. The van der Waals surface area contributed by atoms with Crippen LogP contribution in [0.2, 0.25) is 0 Å². The minimum absolute atomic E-state index is 0.712. The van der Waals surface area contributed by atoms with E-state index in [0.717, 1.165) is 11.8 Å². The Kier molecular flexibility index (Phi) is 8.80. The van der Waals surface area contributed by atoms with E-state index in [-0.39, 0.29) is 0 Å². The molecule has 0 saturated carbocycles. The zero-order valence-corrected chi connectivity index (χ0v) is 11.2. The SMILES string of the molecule is CCCCN(CC(C)CS)C(C)CC. The van der Waals surface area contributed by atoms with Crippen LogP contribution in [0.5, 0.6) is 0 Å². The Bertz CT molecular complexity index is 127. The van der Waals surface area contributed by atoms with Gasteiger partial charge in [-0.15, -0.1) is 0 Å². The van der Waals surface area contributed by atoms with Crippen LogP contribution in [-0.2, 0) is 0 Å². The topological polar surface area (TPSA) is 3.24 Å². The average molecular weight is 217 g/mol. The first-order valence-corrected chi connectivity index (χ1v) is 6.63. The van der Waals surface area contributed by atoms with E-state index in [9.17, 15) is 0 Å². The summed E-state index contributed by atoms with van der Waals surface area (Å²) >= 11 is 4.35. The van der Waals surface area contributed by atoms with E-state index in [1.165, 1.54) is 32.4 Å². The van der Waals surface area contributed by atoms with Crippen molar-refractivity contribution < 1.29 is 0 Å². The minimum atomic E-state index is 0.712. The highest BCUT2D eigenvalue weighted by atomic mass is 32.1. The summed E-state index contributed by atoms with van der Waals surface area (Å²) in [6, 6.07) is 0.726. The van der Waals surface area contributed by atoms with E-state index in [1.807, 2.05) is 0 Å². The Balaban J connectivity index is 3.96. The molecule has 2 atom stereocenters. The lowest BCUT2D eigenvalue weighted by atomic mass is 10.1. The highest BCUT2D eigenvalue weighted by Crippen LogP contribution is 2.10. The van der Waals surface area contributed by atoms with Gasteiger partial charge in [-0.3, -0.25) is 0 Å². The average Bonchev–Trinajstić information content (AvgIpc) is 2.22. The van der Waals surface area contributed by atoms with Crippen LogP contribution in [0.3, 0.4) is 0 Å². The molecule has 0 bridgehead atoms. The van der Waals surface area contributed by atoms with Gasteiger partial charge in [-0.2, -0.15) is 12.6 Å². The fourth-order valence-corrected chi connectivity index (χ4v) is 1.68. The minimum Gasteiger partial charge on any atom is -0.300 e. The molecule has 0 spiro atoms. The van der Waals surface area contributed by atoms with Gasteiger partial charge in [-0.25, -0.2) is 0 Å². The Morgan fingerprint density at radius 3 is 2.29 bits per heavy atom. The van der Waals surface area contributed by atoms with E-state index >= 15 is 0 Å². The Morgan fingerprint density at radius 2 is 1.86 bits per heavy atom. The van der Waals surface area contributed by atoms with E-state index in [1.54, 1.807) is 0 Å². The second kappa shape index (κ2) is 8.60. The van der Waals surface area contributed by atoms with Crippen molar-refractivity contribution >= 4 is 12.6 Å². The monoisotopic (exact) mass is 217 g/mol. The molecule has 0 radical (unpaired) electrons. The molecule has 0 aliphatic carbocycles. The zero-order chi connectivity index (χ0) is 11.0. The van der Waals surface area contributed by atoms with E-state index in [0.29, 0.717) is 5.92 Å². The first kappa shape index (κ1) is 14.3. The van der Waals surface area contributed by atoms with Crippen LogP contribution < -0.4 is 0 Å². The summed E-state index contributed by atoms with van der Waals surface area (Å²) in [4.78, 5) is 2.62. The molecule has 0 aliphatic rings. The molecular formula is C12H27NS. The molecular weight excluding hydrogens is 190 g/mol. The van der Waals surface area contributed by atoms with Crippen molar-refractivity contribution in [2.24, 2.45) is 5.92 Å². The van der Waals surface area contributed by atoms with Crippen molar-refractivity contribution in [3.63, 3.8) is 0 Å². The lowest BCUT2D eigenvalue weighted by Crippen LogP contribution is -2.37. The van der Waals surface area contributed by atoms with Gasteiger partial charge >= 0.3 is 0 Å². The van der Waals surface area contributed by atoms with Gasteiger partial charge in [0.05, 0.1) is 0 Å². The van der Waals surface area contributed by atoms with Crippen molar-refractivity contribution in [2.45, 2.75) is 53.0 Å². The van der Waals surface area contributed by atoms with Gasteiger partial charge in [-0.1, -0.05) is 27.2 Å². The number of hydrogen-bond acceptors (Lipinski definition) is 2. The Morgan fingerprint density at radius 1 is 1.21 bits per heavy atom. The summed E-state index contributed by atoms with van der Waals surface area (Å²) in [6.07, 6.45) is 3.87. The molecule has 2 heteroatoms. The number of thiol groups is 1. The predicted octanol–water partition coefficient (Wildman–Crippen LogP) is 3.45. The molecule has 0 aliphatic heterocycles. The summed E-state index contributed by atoms with van der Waals surface area (Å²) in [5, 5.41) is 0. The van der Waals surface area contributed by atoms with Crippen LogP contribution in [-0.4, -0.2) is 29.8 Å². The Hall–Kier alpha value is 0.310. The molecule has 0 aromatic heterocycles. The number of hydrogen-bond donors (Lipinski definition) is 1.